The minimum absolute atomic E-state index is 0.658. The van der Waals surface area contributed by atoms with Crippen LogP contribution in [0, 0.1) is 25.2 Å². The van der Waals surface area contributed by atoms with E-state index in [4.69, 9.17) is 5.26 Å². The number of hydrogen-bond acceptors (Lipinski definition) is 4. The highest BCUT2D eigenvalue weighted by molar-refractivity contribution is 7.99. The second-order valence-electron chi connectivity index (χ2n) is 3.69. The van der Waals surface area contributed by atoms with Crippen LogP contribution in [0.3, 0.4) is 0 Å². The molecule has 84 valence electrons. The molecular formula is C13H11N3S. The fourth-order valence-corrected chi connectivity index (χ4v) is 2.35. The molecule has 0 fully saturated rings. The van der Waals surface area contributed by atoms with E-state index in [2.05, 4.69) is 16.0 Å². The van der Waals surface area contributed by atoms with Crippen LogP contribution in [0.25, 0.3) is 0 Å². The van der Waals surface area contributed by atoms with Crippen molar-refractivity contribution in [3.05, 3.63) is 47.3 Å². The van der Waals surface area contributed by atoms with Gasteiger partial charge in [0.2, 0.25) is 0 Å². The Kier molecular flexibility index (Phi) is 3.40. The van der Waals surface area contributed by atoms with Gasteiger partial charge in [-0.1, -0.05) is 6.07 Å². The second-order valence-corrected chi connectivity index (χ2v) is 4.70. The molecule has 0 aliphatic rings. The van der Waals surface area contributed by atoms with Crippen LogP contribution in [0.2, 0.25) is 0 Å². The second kappa shape index (κ2) is 4.98. The van der Waals surface area contributed by atoms with Crippen molar-refractivity contribution in [3.8, 4) is 6.07 Å². The van der Waals surface area contributed by atoms with Crippen LogP contribution in [0.5, 0.6) is 0 Å². The summed E-state index contributed by atoms with van der Waals surface area (Å²) in [5.41, 5.74) is 2.71. The highest BCUT2D eigenvalue weighted by Gasteiger charge is 2.06. The molecule has 0 N–H and O–H groups in total. The van der Waals surface area contributed by atoms with Gasteiger partial charge in [0.15, 0.2) is 5.16 Å². The smallest absolute Gasteiger partial charge is 0.192 e. The number of rotatable bonds is 2. The standard InChI is InChI=1S/C13H11N3S/c1-9-3-4-11(8-14)12(7-9)17-13-15-6-5-10(2)16-13/h3-7H,1-2H3. The number of benzene rings is 1. The van der Waals surface area contributed by atoms with Crippen molar-refractivity contribution in [2.45, 2.75) is 23.9 Å². The van der Waals surface area contributed by atoms with Crippen molar-refractivity contribution in [3.63, 3.8) is 0 Å². The normalized spacial score (nSPS) is 9.94. The van der Waals surface area contributed by atoms with Gasteiger partial charge in [0.1, 0.15) is 6.07 Å². The van der Waals surface area contributed by atoms with Gasteiger partial charge in [-0.05, 0) is 49.4 Å². The van der Waals surface area contributed by atoms with Gasteiger partial charge in [-0.15, -0.1) is 0 Å². The number of hydrogen-bond donors (Lipinski definition) is 0. The minimum atomic E-state index is 0.658. The van der Waals surface area contributed by atoms with E-state index in [1.165, 1.54) is 11.8 Å². The predicted octanol–water partition coefficient (Wildman–Crippen LogP) is 3.12. The molecule has 2 aromatic rings. The first-order chi connectivity index (χ1) is 8.19. The Morgan fingerprint density at radius 1 is 1.24 bits per heavy atom. The van der Waals surface area contributed by atoms with Crippen molar-refractivity contribution in [2.75, 3.05) is 0 Å². The van der Waals surface area contributed by atoms with Crippen LogP contribution in [0.4, 0.5) is 0 Å². The van der Waals surface area contributed by atoms with Crippen molar-refractivity contribution in [2.24, 2.45) is 0 Å². The largest absolute Gasteiger partial charge is 0.231 e. The Hall–Kier alpha value is -1.86. The lowest BCUT2D eigenvalue weighted by atomic mass is 10.2. The van der Waals surface area contributed by atoms with E-state index >= 15 is 0 Å². The zero-order valence-corrected chi connectivity index (χ0v) is 10.5. The molecule has 0 aliphatic carbocycles. The average Bonchev–Trinajstić information content (AvgIpc) is 2.29. The number of aryl methyl sites for hydroxylation is 2. The maximum atomic E-state index is 9.04. The molecule has 0 saturated carbocycles. The van der Waals surface area contributed by atoms with E-state index in [0.717, 1.165) is 16.2 Å². The molecule has 0 unspecified atom stereocenters. The zero-order valence-electron chi connectivity index (χ0n) is 9.64. The fourth-order valence-electron chi connectivity index (χ4n) is 1.38. The van der Waals surface area contributed by atoms with E-state index in [0.29, 0.717) is 10.7 Å². The Balaban J connectivity index is 2.36. The van der Waals surface area contributed by atoms with Crippen molar-refractivity contribution in [1.82, 2.24) is 9.97 Å². The lowest BCUT2D eigenvalue weighted by Gasteiger charge is -2.04. The molecule has 17 heavy (non-hydrogen) atoms. The molecule has 3 nitrogen and oxygen atoms in total. The lowest BCUT2D eigenvalue weighted by molar-refractivity contribution is 0.932. The van der Waals surface area contributed by atoms with Crippen LogP contribution in [0.15, 0.2) is 40.5 Å². The van der Waals surface area contributed by atoms with E-state index in [1.54, 1.807) is 6.20 Å². The average molecular weight is 241 g/mol. The summed E-state index contributed by atoms with van der Waals surface area (Å²) < 4.78 is 0. The summed E-state index contributed by atoms with van der Waals surface area (Å²) in [5.74, 6) is 0. The number of nitriles is 1. The summed E-state index contributed by atoms with van der Waals surface area (Å²) in [6.45, 7) is 3.93. The summed E-state index contributed by atoms with van der Waals surface area (Å²) in [5, 5.41) is 9.71. The highest BCUT2D eigenvalue weighted by atomic mass is 32.2. The van der Waals surface area contributed by atoms with Gasteiger partial charge in [0, 0.05) is 16.8 Å². The molecule has 2 rings (SSSR count). The first-order valence-corrected chi connectivity index (χ1v) is 5.99. The van der Waals surface area contributed by atoms with Crippen molar-refractivity contribution >= 4 is 11.8 Å². The molecule has 0 aliphatic heterocycles. The Bertz CT molecular complexity index is 587. The molecule has 0 saturated heterocycles. The Morgan fingerprint density at radius 2 is 2.06 bits per heavy atom. The van der Waals surface area contributed by atoms with E-state index < -0.39 is 0 Å². The van der Waals surface area contributed by atoms with Crippen LogP contribution in [0.1, 0.15) is 16.8 Å². The van der Waals surface area contributed by atoms with Gasteiger partial charge < -0.3 is 0 Å². The van der Waals surface area contributed by atoms with Crippen LogP contribution >= 0.6 is 11.8 Å². The molecule has 0 spiro atoms. The summed E-state index contributed by atoms with van der Waals surface area (Å²) in [6.07, 6.45) is 1.73. The summed E-state index contributed by atoms with van der Waals surface area (Å²) >= 11 is 1.42. The van der Waals surface area contributed by atoms with Gasteiger partial charge in [0.05, 0.1) is 5.56 Å². The molecular weight excluding hydrogens is 230 g/mol. The molecule has 0 bridgehead atoms. The first-order valence-electron chi connectivity index (χ1n) is 5.17. The third-order valence-corrected chi connectivity index (χ3v) is 3.17. The topological polar surface area (TPSA) is 49.6 Å². The van der Waals surface area contributed by atoms with Gasteiger partial charge in [0.25, 0.3) is 0 Å². The Labute approximate surface area is 105 Å². The quantitative estimate of drug-likeness (QED) is 0.758. The molecule has 1 aromatic carbocycles. The van der Waals surface area contributed by atoms with Crippen LogP contribution in [-0.2, 0) is 0 Å². The van der Waals surface area contributed by atoms with Gasteiger partial charge >= 0.3 is 0 Å². The van der Waals surface area contributed by atoms with E-state index in [-0.39, 0.29) is 0 Å². The molecule has 0 amide bonds. The Morgan fingerprint density at radius 3 is 2.76 bits per heavy atom. The lowest BCUT2D eigenvalue weighted by Crippen LogP contribution is -1.90. The molecule has 4 heteroatoms. The third kappa shape index (κ3) is 2.83. The predicted molar refractivity (Wildman–Crippen MR) is 66.8 cm³/mol. The monoisotopic (exact) mass is 241 g/mol. The molecule has 1 heterocycles. The van der Waals surface area contributed by atoms with Gasteiger partial charge in [-0.2, -0.15) is 5.26 Å². The maximum absolute atomic E-state index is 9.04. The fraction of sp³-hybridized carbons (Fsp3) is 0.154. The number of nitrogens with zero attached hydrogens (tertiary/aromatic N) is 3. The first kappa shape index (κ1) is 11.6. The highest BCUT2D eigenvalue weighted by Crippen LogP contribution is 2.28. The summed E-state index contributed by atoms with van der Waals surface area (Å²) in [6, 6.07) is 9.77. The van der Waals surface area contributed by atoms with Crippen molar-refractivity contribution < 1.29 is 0 Å². The maximum Gasteiger partial charge on any atom is 0.192 e. The van der Waals surface area contributed by atoms with E-state index in [1.807, 2.05) is 38.1 Å². The van der Waals surface area contributed by atoms with Crippen LogP contribution in [-0.4, -0.2) is 9.97 Å². The molecule has 0 radical (unpaired) electrons. The van der Waals surface area contributed by atoms with Gasteiger partial charge in [-0.3, -0.25) is 0 Å². The van der Waals surface area contributed by atoms with Crippen molar-refractivity contribution in [1.29, 1.82) is 5.26 Å². The molecule has 0 atom stereocenters. The van der Waals surface area contributed by atoms with Gasteiger partial charge in [-0.25, -0.2) is 9.97 Å². The summed E-state index contributed by atoms with van der Waals surface area (Å²) in [7, 11) is 0. The third-order valence-electron chi connectivity index (χ3n) is 2.23. The summed E-state index contributed by atoms with van der Waals surface area (Å²) in [4.78, 5) is 9.40. The van der Waals surface area contributed by atoms with E-state index in [9.17, 15) is 0 Å². The SMILES string of the molecule is Cc1ccc(C#N)c(Sc2nccc(C)n2)c1. The molecule has 1 aromatic heterocycles. The van der Waals surface area contributed by atoms with Crippen LogP contribution < -0.4 is 0 Å². The zero-order chi connectivity index (χ0) is 12.3. The number of aromatic nitrogens is 2. The minimum Gasteiger partial charge on any atom is -0.231 e.